The van der Waals surface area contributed by atoms with E-state index in [4.69, 9.17) is 0 Å². The summed E-state index contributed by atoms with van der Waals surface area (Å²) in [5.74, 6) is 1.19. The SMILES string of the molecule is C.C.C.C.CN1CCC2=C(C1)N=CC2.CN1CCC2=C(C=CC2)C1.CN1CCC2=C(CC=C2)C1.CN1CCC2=C(CC=C2)C1.CN1CCC2=CCC=C2C1.CN1CCCc2ccccc21.CN1CCc2ccccc21.CN1CCc2ccccc2C1.CN1CCn2cccc2C1.CN1CCn2ccnc2C1.CN1CCn2cncc2C1.CN1Cc2ccccc2C1. The lowest BCUT2D eigenvalue weighted by atomic mass is 10.0. The molecule has 16 heterocycles. The molecule has 126 heavy (non-hydrogen) atoms. The highest BCUT2D eigenvalue weighted by Gasteiger charge is 2.24. The Balaban J connectivity index is 0.000000155. The van der Waals surface area contributed by atoms with Gasteiger partial charge in [-0.05, 0) is 256 Å². The molecule has 684 valence electrons. The zero-order chi connectivity index (χ0) is 85.1. The number of fused-ring (bicyclic) bond motifs is 8. The maximum atomic E-state index is 4.32. The Morgan fingerprint density at radius 3 is 1.42 bits per heavy atom. The van der Waals surface area contributed by atoms with Crippen LogP contribution in [0, 0.1) is 0 Å². The molecule has 3 aromatic heterocycles. The Morgan fingerprint density at radius 2 is 0.770 bits per heavy atom. The van der Waals surface area contributed by atoms with E-state index in [2.05, 4.69) is 336 Å². The number of likely N-dealkylation sites (N-methyl/N-ethyl adjacent to an activating group) is 10. The summed E-state index contributed by atoms with van der Waals surface area (Å²) in [6.07, 6.45) is 47.6. The number of aryl methyl sites for hydroxylation is 1. The van der Waals surface area contributed by atoms with Gasteiger partial charge in [-0.1, -0.05) is 169 Å². The minimum absolute atomic E-state index is 0. The van der Waals surface area contributed by atoms with Crippen LogP contribution in [0.4, 0.5) is 11.4 Å². The number of para-hydroxylation sites is 2. The van der Waals surface area contributed by atoms with Crippen LogP contribution in [0.3, 0.4) is 0 Å². The Bertz CT molecular complexity index is 4600. The average Bonchev–Trinajstić information content (AvgIpc) is 1.63. The molecule has 18 nitrogen and oxygen atoms in total. The number of benzene rings is 4. The van der Waals surface area contributed by atoms with Crippen molar-refractivity contribution >= 4 is 17.6 Å². The van der Waals surface area contributed by atoms with Gasteiger partial charge in [0.25, 0.3) is 0 Å². The molecule has 24 rings (SSSR count). The van der Waals surface area contributed by atoms with Gasteiger partial charge in [0.1, 0.15) is 5.82 Å². The molecule has 4 aromatic carbocycles. The fraction of sp³-hybridized carbons (Fsp3) is 0.509. The molecule has 0 N–H and O–H groups in total. The topological polar surface area (TPSA) is 91.8 Å². The van der Waals surface area contributed by atoms with Crippen molar-refractivity contribution in [2.45, 2.75) is 179 Å². The summed E-state index contributed by atoms with van der Waals surface area (Å²) < 4.78 is 6.74. The lowest BCUT2D eigenvalue weighted by molar-refractivity contribution is 0.264. The minimum Gasteiger partial charge on any atom is -0.374 e. The number of allylic oxidation sites excluding steroid dienone is 7. The number of likely N-dealkylation sites (tertiary alicyclic amines) is 1. The summed E-state index contributed by atoms with van der Waals surface area (Å²) in [5, 5.41) is 0. The quantitative estimate of drug-likeness (QED) is 0.144. The molecule has 4 aliphatic carbocycles. The van der Waals surface area contributed by atoms with Crippen LogP contribution in [0.1, 0.15) is 151 Å². The largest absolute Gasteiger partial charge is 0.374 e. The van der Waals surface area contributed by atoms with Gasteiger partial charge in [0, 0.05) is 226 Å². The van der Waals surface area contributed by atoms with Crippen LogP contribution in [-0.2, 0) is 78.2 Å². The van der Waals surface area contributed by atoms with Gasteiger partial charge in [-0.2, -0.15) is 0 Å². The van der Waals surface area contributed by atoms with Crippen LogP contribution in [0.15, 0.2) is 250 Å². The molecule has 0 radical (unpaired) electrons. The minimum atomic E-state index is 0. The van der Waals surface area contributed by atoms with E-state index in [0.29, 0.717) is 0 Å². The summed E-state index contributed by atoms with van der Waals surface area (Å²) in [7, 11) is 26.0. The van der Waals surface area contributed by atoms with E-state index in [1.807, 2.05) is 31.1 Å². The van der Waals surface area contributed by atoms with Gasteiger partial charge in [0.2, 0.25) is 0 Å². The summed E-state index contributed by atoms with van der Waals surface area (Å²) in [5.41, 5.74) is 30.4. The summed E-state index contributed by atoms with van der Waals surface area (Å²) >= 11 is 0. The van der Waals surface area contributed by atoms with Crippen molar-refractivity contribution in [3.63, 3.8) is 0 Å². The van der Waals surface area contributed by atoms with Crippen LogP contribution in [-0.4, -0.2) is 268 Å². The Kier molecular flexibility index (Phi) is 41.1. The highest BCUT2D eigenvalue weighted by Crippen LogP contribution is 2.32. The van der Waals surface area contributed by atoms with Crippen molar-refractivity contribution in [2.75, 3.05) is 199 Å². The summed E-state index contributed by atoms with van der Waals surface area (Å²) in [6, 6.07) is 38.9. The lowest BCUT2D eigenvalue weighted by Crippen LogP contribution is -2.30. The fourth-order valence-electron chi connectivity index (χ4n) is 18.9. The third kappa shape index (κ3) is 30.1. The number of piperidine rings is 1. The van der Waals surface area contributed by atoms with Crippen molar-refractivity contribution in [3.8, 4) is 0 Å². The number of nitrogens with zero attached hydrogens (tertiary/aromatic N) is 18. The van der Waals surface area contributed by atoms with E-state index in [0.717, 1.165) is 85.0 Å². The van der Waals surface area contributed by atoms with Gasteiger partial charge in [-0.15, -0.1) is 0 Å². The van der Waals surface area contributed by atoms with E-state index in [1.54, 1.807) is 50.2 Å². The Labute approximate surface area is 763 Å². The average molecular weight is 1710 g/mol. The van der Waals surface area contributed by atoms with Crippen molar-refractivity contribution in [1.29, 1.82) is 0 Å². The zero-order valence-electron chi connectivity index (χ0n) is 76.6. The second-order valence-corrected chi connectivity index (χ2v) is 36.6. The highest BCUT2D eigenvalue weighted by molar-refractivity contribution is 5.67. The molecule has 13 aliphatic heterocycles. The standard InChI is InChI=1S/2C10H13N.4C9H13N.2C9H11N.2C8H12N2.2C7H11N3.4CH4/c1-11-8-4-6-9-5-2-3-7-10(9)11;1-11-7-6-9-4-2-3-5-10(9)8-11;4*1-10-6-5-8-3-2-4-9(8)7-10;1-10-6-8-4-2-3-5-9(8)7-10;1-10-7-6-8-4-2-3-5-9(8)10;1-10-5-3-7-2-4-9-8(7)6-10;1-9-5-6-10-4-2-3-8(10)7-9;1-9-2-3-10-6-8-4-7(10)5-9;1-9-4-5-10-3-2-8-7(10)6-9;;;;/h2-3,5,7H,4,6,8H2,1H3;2-5H,6-8H2,1H3;3-4H,2,5-7H2,1H3;2,4H,3,5-7H2,1H3;2*2-3H,4-7H2,1H3;2*2-5H,6-7H2,1H3;4H,2-3,5-6H2,1H3;2-4H,5-7H2,1H3;4,6H,2-3,5H2,1H3;2-3H,4-6H2,1H3;4*1H4. The molecule has 1 saturated heterocycles. The number of imidazole rings is 2. The monoisotopic (exact) mass is 1710 g/mol. The maximum absolute atomic E-state index is 4.32. The highest BCUT2D eigenvalue weighted by atomic mass is 15.2. The van der Waals surface area contributed by atoms with Crippen LogP contribution in [0.25, 0.3) is 0 Å². The molecule has 0 atom stereocenters. The normalized spacial score (nSPS) is 20.3. The van der Waals surface area contributed by atoms with E-state index in [9.17, 15) is 0 Å². The van der Waals surface area contributed by atoms with E-state index >= 15 is 0 Å². The number of aliphatic imine (C=N–C) groups is 1. The van der Waals surface area contributed by atoms with Gasteiger partial charge in [0.05, 0.1) is 24.3 Å². The van der Waals surface area contributed by atoms with E-state index in [1.165, 1.54) is 236 Å². The second kappa shape index (κ2) is 51.3. The molecule has 1 fully saturated rings. The molecular weight excluding hydrogens is 1550 g/mol. The number of anilines is 2. The molecule has 17 aliphatic rings. The summed E-state index contributed by atoms with van der Waals surface area (Å²) in [4.78, 5) is 40.7. The number of hydrogen-bond donors (Lipinski definition) is 0. The lowest BCUT2D eigenvalue weighted by Gasteiger charge is -2.26. The number of aromatic nitrogens is 5. The van der Waals surface area contributed by atoms with Crippen molar-refractivity contribution in [2.24, 2.45) is 4.99 Å². The molecule has 0 bridgehead atoms. The number of rotatable bonds is 0. The second-order valence-electron chi connectivity index (χ2n) is 36.6. The van der Waals surface area contributed by atoms with Crippen molar-refractivity contribution in [1.82, 2.24) is 72.7 Å². The fourth-order valence-corrected chi connectivity index (χ4v) is 18.9. The van der Waals surface area contributed by atoms with Crippen LogP contribution in [0.5, 0.6) is 0 Å². The van der Waals surface area contributed by atoms with Crippen molar-refractivity contribution < 1.29 is 0 Å². The molecule has 0 amide bonds. The summed E-state index contributed by atoms with van der Waals surface area (Å²) in [6.45, 7) is 28.9. The van der Waals surface area contributed by atoms with Gasteiger partial charge in [0.15, 0.2) is 0 Å². The molecule has 0 spiro atoms. The molecule has 0 saturated carbocycles. The van der Waals surface area contributed by atoms with E-state index in [-0.39, 0.29) is 29.7 Å². The van der Waals surface area contributed by atoms with Gasteiger partial charge < -0.3 is 52.9 Å². The van der Waals surface area contributed by atoms with Gasteiger partial charge in [-0.25, -0.2) is 9.97 Å². The van der Waals surface area contributed by atoms with Gasteiger partial charge >= 0.3 is 0 Å². The first-order chi connectivity index (χ1) is 59.4. The molecule has 18 heteroatoms. The number of hydrogen-bond acceptors (Lipinski definition) is 15. The predicted molar refractivity (Wildman–Crippen MR) is 538 cm³/mol. The Hall–Kier alpha value is -8.89. The van der Waals surface area contributed by atoms with Crippen LogP contribution < -0.4 is 9.80 Å². The van der Waals surface area contributed by atoms with Crippen LogP contribution in [0.2, 0.25) is 0 Å². The van der Waals surface area contributed by atoms with Crippen LogP contribution >= 0.6 is 0 Å². The molecular formula is C108H162N18. The predicted octanol–water partition coefficient (Wildman–Crippen LogP) is 18.6. The van der Waals surface area contributed by atoms with E-state index < -0.39 is 0 Å². The first-order valence-electron chi connectivity index (χ1n) is 45.8. The first-order valence-corrected chi connectivity index (χ1v) is 45.8. The maximum Gasteiger partial charge on any atom is 0.122 e. The Morgan fingerprint density at radius 1 is 0.302 bits per heavy atom. The van der Waals surface area contributed by atoms with Crippen molar-refractivity contribution in [3.05, 3.63) is 295 Å². The smallest absolute Gasteiger partial charge is 0.122 e. The third-order valence-electron chi connectivity index (χ3n) is 26.4. The third-order valence-corrected chi connectivity index (χ3v) is 26.4. The molecule has 0 unspecified atom stereocenters. The zero-order valence-corrected chi connectivity index (χ0v) is 76.6. The van der Waals surface area contributed by atoms with Gasteiger partial charge in [-0.3, -0.25) is 24.6 Å². The first kappa shape index (κ1) is 101. The molecule has 7 aromatic rings.